The fourth-order valence-electron chi connectivity index (χ4n) is 1.95. The number of halogens is 4. The van der Waals surface area contributed by atoms with E-state index in [-0.39, 0.29) is 12.2 Å². The Bertz CT molecular complexity index is 497. The van der Waals surface area contributed by atoms with Crippen LogP contribution < -0.4 is 5.32 Å². The summed E-state index contributed by atoms with van der Waals surface area (Å²) in [5, 5.41) is 29.5. The Labute approximate surface area is 131 Å². The van der Waals surface area contributed by atoms with E-state index in [1.807, 2.05) is 0 Å². The van der Waals surface area contributed by atoms with Crippen LogP contribution in [0.5, 0.6) is 0 Å². The summed E-state index contributed by atoms with van der Waals surface area (Å²) in [6.07, 6.45) is -5.29. The number of piperazine rings is 1. The van der Waals surface area contributed by atoms with Gasteiger partial charge in [-0.15, -0.1) is 0 Å². The highest BCUT2D eigenvalue weighted by atomic mass is 19.4. The average molecular weight is 340 g/mol. The first-order chi connectivity index (χ1) is 10.7. The monoisotopic (exact) mass is 340 g/mol. The van der Waals surface area contributed by atoms with Gasteiger partial charge in [0.05, 0.1) is 24.3 Å². The molecule has 0 aliphatic carbocycles. The predicted molar refractivity (Wildman–Crippen MR) is 74.3 cm³/mol. The lowest BCUT2D eigenvalue weighted by molar-refractivity contribution is -0.143. The van der Waals surface area contributed by atoms with E-state index in [0.29, 0.717) is 19.6 Å². The SMILES string of the molecule is CC(O)CO.ON1CCNCC1c1ccc(F)c(C(F)(F)F)c1. The second-order valence-corrected chi connectivity index (χ2v) is 5.15. The molecular formula is C14H20F4N2O3. The van der Waals surface area contributed by atoms with Crippen molar-refractivity contribution in [2.24, 2.45) is 0 Å². The number of nitrogens with zero attached hydrogens (tertiary/aromatic N) is 1. The third-order valence-electron chi connectivity index (χ3n) is 3.16. The first-order valence-corrected chi connectivity index (χ1v) is 6.98. The van der Waals surface area contributed by atoms with Crippen LogP contribution in [0.4, 0.5) is 17.6 Å². The molecule has 0 aromatic heterocycles. The van der Waals surface area contributed by atoms with E-state index in [2.05, 4.69) is 5.32 Å². The molecule has 0 amide bonds. The first kappa shape index (κ1) is 19.8. The summed E-state index contributed by atoms with van der Waals surface area (Å²) in [7, 11) is 0. The van der Waals surface area contributed by atoms with E-state index in [1.54, 1.807) is 0 Å². The van der Waals surface area contributed by atoms with E-state index >= 15 is 0 Å². The fourth-order valence-corrected chi connectivity index (χ4v) is 1.95. The Morgan fingerprint density at radius 1 is 1.39 bits per heavy atom. The number of benzene rings is 1. The van der Waals surface area contributed by atoms with E-state index in [9.17, 15) is 22.8 Å². The molecule has 2 unspecified atom stereocenters. The lowest BCUT2D eigenvalue weighted by Gasteiger charge is -2.31. The number of hydrogen-bond donors (Lipinski definition) is 4. The highest BCUT2D eigenvalue weighted by Gasteiger charge is 2.35. The van der Waals surface area contributed by atoms with Gasteiger partial charge in [-0.05, 0) is 24.6 Å². The Kier molecular flexibility index (Phi) is 7.36. The van der Waals surface area contributed by atoms with Gasteiger partial charge in [-0.2, -0.15) is 18.2 Å². The number of hydroxylamine groups is 2. The molecule has 132 valence electrons. The molecule has 9 heteroatoms. The van der Waals surface area contributed by atoms with Crippen LogP contribution in [0.15, 0.2) is 18.2 Å². The van der Waals surface area contributed by atoms with Gasteiger partial charge < -0.3 is 20.7 Å². The zero-order valence-electron chi connectivity index (χ0n) is 12.5. The molecule has 0 spiro atoms. The highest BCUT2D eigenvalue weighted by molar-refractivity contribution is 5.29. The summed E-state index contributed by atoms with van der Waals surface area (Å²) in [5.41, 5.74) is -1.07. The third-order valence-corrected chi connectivity index (χ3v) is 3.16. The molecule has 23 heavy (non-hydrogen) atoms. The summed E-state index contributed by atoms with van der Waals surface area (Å²) < 4.78 is 50.8. The number of alkyl halides is 3. The molecule has 2 rings (SSSR count). The van der Waals surface area contributed by atoms with Crippen molar-refractivity contribution in [3.05, 3.63) is 35.1 Å². The molecule has 1 fully saturated rings. The molecule has 1 aliphatic rings. The number of aliphatic hydroxyl groups is 2. The van der Waals surface area contributed by atoms with Gasteiger partial charge in [-0.1, -0.05) is 6.07 Å². The van der Waals surface area contributed by atoms with Crippen molar-refractivity contribution in [3.8, 4) is 0 Å². The van der Waals surface area contributed by atoms with E-state index < -0.39 is 29.7 Å². The summed E-state index contributed by atoms with van der Waals surface area (Å²) in [4.78, 5) is 0. The van der Waals surface area contributed by atoms with Gasteiger partial charge in [0.1, 0.15) is 5.82 Å². The smallest absolute Gasteiger partial charge is 0.394 e. The molecule has 5 nitrogen and oxygen atoms in total. The summed E-state index contributed by atoms with van der Waals surface area (Å²) in [5.74, 6) is -1.31. The molecule has 0 saturated carbocycles. The zero-order valence-corrected chi connectivity index (χ0v) is 12.5. The van der Waals surface area contributed by atoms with Crippen LogP contribution >= 0.6 is 0 Å². The minimum absolute atomic E-state index is 0.139. The molecule has 1 aromatic rings. The molecule has 0 bridgehead atoms. The van der Waals surface area contributed by atoms with E-state index in [0.717, 1.165) is 17.2 Å². The fraction of sp³-hybridized carbons (Fsp3) is 0.571. The van der Waals surface area contributed by atoms with Gasteiger partial charge in [0.15, 0.2) is 0 Å². The van der Waals surface area contributed by atoms with E-state index in [4.69, 9.17) is 10.2 Å². The Morgan fingerprint density at radius 3 is 2.48 bits per heavy atom. The topological polar surface area (TPSA) is 76.0 Å². The minimum atomic E-state index is -4.73. The molecule has 1 aromatic carbocycles. The van der Waals surface area contributed by atoms with Gasteiger partial charge in [0.25, 0.3) is 0 Å². The van der Waals surface area contributed by atoms with Crippen LogP contribution in [-0.2, 0) is 6.18 Å². The second-order valence-electron chi connectivity index (χ2n) is 5.15. The molecule has 1 heterocycles. The van der Waals surface area contributed by atoms with Crippen molar-refractivity contribution in [1.82, 2.24) is 10.4 Å². The Morgan fingerprint density at radius 2 is 2.00 bits per heavy atom. The maximum absolute atomic E-state index is 13.1. The van der Waals surface area contributed by atoms with Gasteiger partial charge in [0, 0.05) is 19.6 Å². The first-order valence-electron chi connectivity index (χ1n) is 6.98. The zero-order chi connectivity index (χ0) is 17.6. The van der Waals surface area contributed by atoms with Crippen LogP contribution in [0.3, 0.4) is 0 Å². The lowest BCUT2D eigenvalue weighted by Crippen LogP contribution is -2.44. The van der Waals surface area contributed by atoms with Crippen molar-refractivity contribution in [1.29, 1.82) is 0 Å². The van der Waals surface area contributed by atoms with Crippen molar-refractivity contribution in [2.45, 2.75) is 25.2 Å². The van der Waals surface area contributed by atoms with Crippen LogP contribution in [0.2, 0.25) is 0 Å². The number of nitrogens with one attached hydrogen (secondary N) is 1. The second kappa shape index (κ2) is 8.55. The van der Waals surface area contributed by atoms with Crippen molar-refractivity contribution in [2.75, 3.05) is 26.2 Å². The molecule has 4 N–H and O–H groups in total. The Hall–Kier alpha value is -1.26. The van der Waals surface area contributed by atoms with E-state index in [1.165, 1.54) is 13.0 Å². The van der Waals surface area contributed by atoms with Gasteiger partial charge in [0.2, 0.25) is 0 Å². The molecule has 1 saturated heterocycles. The van der Waals surface area contributed by atoms with Gasteiger partial charge >= 0.3 is 6.18 Å². The highest BCUT2D eigenvalue weighted by Crippen LogP contribution is 2.33. The molecule has 1 aliphatic heterocycles. The van der Waals surface area contributed by atoms with Gasteiger partial charge in [-0.3, -0.25) is 0 Å². The largest absolute Gasteiger partial charge is 0.419 e. The standard InChI is InChI=1S/C11H12F4N2O.C3H8O2/c12-9-2-1-7(5-8(9)11(13,14)15)10-6-16-3-4-17(10)18;1-3(5)2-4/h1-2,5,10,16,18H,3-4,6H2;3-5H,2H2,1H3. The van der Waals surface area contributed by atoms with Crippen molar-refractivity contribution >= 4 is 0 Å². The quantitative estimate of drug-likeness (QED) is 0.615. The number of rotatable bonds is 2. The third kappa shape index (κ3) is 6.04. The van der Waals surface area contributed by atoms with Crippen LogP contribution in [0, 0.1) is 5.82 Å². The number of aliphatic hydroxyl groups excluding tert-OH is 2. The van der Waals surface area contributed by atoms with Crippen LogP contribution in [0.1, 0.15) is 24.1 Å². The summed E-state index contributed by atoms with van der Waals surface area (Å²) in [6.45, 7) is 2.57. The number of hydrogen-bond acceptors (Lipinski definition) is 5. The molecular weight excluding hydrogens is 320 g/mol. The molecule has 2 atom stereocenters. The Balaban J connectivity index is 0.000000463. The van der Waals surface area contributed by atoms with Crippen LogP contribution in [-0.4, -0.2) is 52.8 Å². The lowest BCUT2D eigenvalue weighted by atomic mass is 10.0. The normalized spacial score (nSPS) is 20.6. The molecule has 0 radical (unpaired) electrons. The van der Waals surface area contributed by atoms with Gasteiger partial charge in [-0.25, -0.2) is 4.39 Å². The summed E-state index contributed by atoms with van der Waals surface area (Å²) >= 11 is 0. The predicted octanol–water partition coefficient (Wildman–Crippen LogP) is 1.54. The maximum Gasteiger partial charge on any atom is 0.419 e. The van der Waals surface area contributed by atoms with Crippen molar-refractivity contribution < 1.29 is 33.0 Å². The minimum Gasteiger partial charge on any atom is -0.394 e. The average Bonchev–Trinajstić information content (AvgIpc) is 2.48. The van der Waals surface area contributed by atoms with Crippen LogP contribution in [0.25, 0.3) is 0 Å². The maximum atomic E-state index is 13.1. The summed E-state index contributed by atoms with van der Waals surface area (Å²) in [6, 6.07) is 2.18. The van der Waals surface area contributed by atoms with Crippen molar-refractivity contribution in [3.63, 3.8) is 0 Å².